The minimum Gasteiger partial charge on any atom is -0.459 e. The van der Waals surface area contributed by atoms with Crippen LogP contribution in [0.1, 0.15) is 10.6 Å². The van der Waals surface area contributed by atoms with Crippen LogP contribution in [0.15, 0.2) is 34.9 Å². The molecule has 1 amide bonds. The molecule has 1 aliphatic rings. The molecular weight excluding hydrogens is 374 g/mol. The zero-order chi connectivity index (χ0) is 18.8. The van der Waals surface area contributed by atoms with Crippen molar-refractivity contribution in [2.24, 2.45) is 0 Å². The number of nitrogens with one attached hydrogen (secondary N) is 1. The molecule has 1 N–H and O–H groups in total. The van der Waals surface area contributed by atoms with Gasteiger partial charge in [0.05, 0.1) is 11.0 Å². The van der Waals surface area contributed by atoms with Gasteiger partial charge in [0.2, 0.25) is 0 Å². The number of halogens is 2. The molecule has 0 atom stereocenters. The molecule has 0 bridgehead atoms. The Balaban J connectivity index is 1.29. The van der Waals surface area contributed by atoms with Gasteiger partial charge in [-0.3, -0.25) is 9.69 Å². The molecular formula is C18H18F2N4O2S. The summed E-state index contributed by atoms with van der Waals surface area (Å²) in [7, 11) is 0. The van der Waals surface area contributed by atoms with E-state index in [1.165, 1.54) is 23.7 Å². The van der Waals surface area contributed by atoms with Crippen LogP contribution in [0.4, 0.5) is 13.9 Å². The largest absolute Gasteiger partial charge is 0.459 e. The number of piperazine rings is 1. The first-order valence-electron chi connectivity index (χ1n) is 8.65. The third-order valence-electron chi connectivity index (χ3n) is 4.50. The quantitative estimate of drug-likeness (QED) is 0.724. The van der Waals surface area contributed by atoms with Gasteiger partial charge in [-0.15, -0.1) is 0 Å². The Labute approximate surface area is 158 Å². The summed E-state index contributed by atoms with van der Waals surface area (Å²) in [5.41, 5.74) is 0.222. The summed E-state index contributed by atoms with van der Waals surface area (Å²) in [5.74, 6) is -1.13. The Bertz CT molecular complexity index is 936. The highest BCUT2D eigenvalue weighted by Crippen LogP contribution is 2.31. The summed E-state index contributed by atoms with van der Waals surface area (Å²) in [6.45, 7) is 4.38. The average molecular weight is 392 g/mol. The van der Waals surface area contributed by atoms with Crippen LogP contribution in [-0.4, -0.2) is 55.1 Å². The summed E-state index contributed by atoms with van der Waals surface area (Å²) in [5, 5.41) is 3.54. The van der Waals surface area contributed by atoms with Crippen molar-refractivity contribution in [1.29, 1.82) is 0 Å². The first kappa shape index (κ1) is 17.9. The second-order valence-electron chi connectivity index (χ2n) is 6.29. The van der Waals surface area contributed by atoms with Gasteiger partial charge in [0.25, 0.3) is 5.91 Å². The summed E-state index contributed by atoms with van der Waals surface area (Å²) >= 11 is 1.30. The van der Waals surface area contributed by atoms with E-state index in [0.717, 1.165) is 38.8 Å². The van der Waals surface area contributed by atoms with Crippen molar-refractivity contribution in [1.82, 2.24) is 15.2 Å². The number of carbonyl (C=O) groups excluding carboxylic acids is 1. The number of rotatable bonds is 5. The number of anilines is 1. The van der Waals surface area contributed by atoms with E-state index in [1.54, 1.807) is 12.1 Å². The molecule has 2 aromatic heterocycles. The smallest absolute Gasteiger partial charge is 0.287 e. The van der Waals surface area contributed by atoms with Crippen LogP contribution in [0, 0.1) is 11.6 Å². The predicted octanol–water partition coefficient (Wildman–Crippen LogP) is 2.72. The average Bonchev–Trinajstić information content (AvgIpc) is 3.32. The Morgan fingerprint density at radius 3 is 2.81 bits per heavy atom. The van der Waals surface area contributed by atoms with E-state index >= 15 is 0 Å². The topological polar surface area (TPSA) is 61.6 Å². The fourth-order valence-corrected chi connectivity index (χ4v) is 4.12. The first-order chi connectivity index (χ1) is 13.1. The Kier molecular flexibility index (Phi) is 5.04. The van der Waals surface area contributed by atoms with Gasteiger partial charge in [0.15, 0.2) is 16.7 Å². The third-order valence-corrected chi connectivity index (χ3v) is 5.57. The molecule has 0 aliphatic carbocycles. The molecule has 27 heavy (non-hydrogen) atoms. The molecule has 0 radical (unpaired) electrons. The Hall–Kier alpha value is -2.52. The molecule has 0 unspecified atom stereocenters. The Morgan fingerprint density at radius 2 is 2.07 bits per heavy atom. The van der Waals surface area contributed by atoms with Gasteiger partial charge >= 0.3 is 0 Å². The van der Waals surface area contributed by atoms with Crippen LogP contribution < -0.4 is 10.2 Å². The van der Waals surface area contributed by atoms with Gasteiger partial charge in [0.1, 0.15) is 11.3 Å². The van der Waals surface area contributed by atoms with Crippen molar-refractivity contribution >= 4 is 32.6 Å². The van der Waals surface area contributed by atoms with E-state index in [2.05, 4.69) is 20.1 Å². The van der Waals surface area contributed by atoms with E-state index in [1.807, 2.05) is 0 Å². The fraction of sp³-hybridized carbons (Fsp3) is 0.333. The lowest BCUT2D eigenvalue weighted by molar-refractivity contribution is 0.0920. The van der Waals surface area contributed by atoms with Crippen LogP contribution in [0.3, 0.4) is 0 Å². The van der Waals surface area contributed by atoms with Crippen molar-refractivity contribution < 1.29 is 18.0 Å². The zero-order valence-corrected chi connectivity index (χ0v) is 15.3. The van der Waals surface area contributed by atoms with Crippen molar-refractivity contribution in [2.75, 3.05) is 44.2 Å². The summed E-state index contributed by atoms with van der Waals surface area (Å²) < 4.78 is 32.8. The zero-order valence-electron chi connectivity index (χ0n) is 14.5. The minimum atomic E-state index is -0.626. The van der Waals surface area contributed by atoms with Crippen LogP contribution in [0.2, 0.25) is 0 Å². The maximum Gasteiger partial charge on any atom is 0.287 e. The first-order valence-corrected chi connectivity index (χ1v) is 9.46. The molecule has 1 aromatic carbocycles. The van der Waals surface area contributed by atoms with Crippen molar-refractivity contribution in [3.63, 3.8) is 0 Å². The van der Waals surface area contributed by atoms with Crippen molar-refractivity contribution in [3.05, 3.63) is 47.9 Å². The van der Waals surface area contributed by atoms with Gasteiger partial charge in [0, 0.05) is 45.3 Å². The minimum absolute atomic E-state index is 0.220. The molecule has 1 saturated heterocycles. The maximum atomic E-state index is 13.8. The van der Waals surface area contributed by atoms with E-state index in [4.69, 9.17) is 4.42 Å². The van der Waals surface area contributed by atoms with Crippen LogP contribution in [-0.2, 0) is 0 Å². The molecule has 9 heteroatoms. The van der Waals surface area contributed by atoms with E-state index < -0.39 is 11.6 Å². The van der Waals surface area contributed by atoms with Crippen LogP contribution in [0.25, 0.3) is 10.2 Å². The maximum absolute atomic E-state index is 13.8. The van der Waals surface area contributed by atoms with Crippen LogP contribution in [0.5, 0.6) is 0 Å². The molecule has 1 aliphatic heterocycles. The Morgan fingerprint density at radius 1 is 1.26 bits per heavy atom. The van der Waals surface area contributed by atoms with Gasteiger partial charge in [-0.1, -0.05) is 11.3 Å². The monoisotopic (exact) mass is 392 g/mol. The predicted molar refractivity (Wildman–Crippen MR) is 99.2 cm³/mol. The number of fused-ring (bicyclic) bond motifs is 1. The van der Waals surface area contributed by atoms with Gasteiger partial charge in [-0.2, -0.15) is 0 Å². The van der Waals surface area contributed by atoms with Gasteiger partial charge in [-0.25, -0.2) is 13.8 Å². The number of hydrogen-bond acceptors (Lipinski definition) is 6. The third kappa shape index (κ3) is 3.93. The lowest BCUT2D eigenvalue weighted by Crippen LogP contribution is -2.48. The van der Waals surface area contributed by atoms with Crippen molar-refractivity contribution in [3.8, 4) is 0 Å². The highest BCUT2D eigenvalue weighted by atomic mass is 32.1. The lowest BCUT2D eigenvalue weighted by atomic mass is 10.3. The summed E-state index contributed by atoms with van der Waals surface area (Å²) in [4.78, 5) is 20.5. The lowest BCUT2D eigenvalue weighted by Gasteiger charge is -2.34. The van der Waals surface area contributed by atoms with E-state index in [-0.39, 0.29) is 11.4 Å². The molecule has 142 valence electrons. The van der Waals surface area contributed by atoms with E-state index in [0.29, 0.717) is 22.1 Å². The van der Waals surface area contributed by atoms with Gasteiger partial charge < -0.3 is 14.6 Å². The second-order valence-corrected chi connectivity index (χ2v) is 7.30. The second kappa shape index (κ2) is 7.61. The fourth-order valence-electron chi connectivity index (χ4n) is 3.07. The number of furan rings is 1. The standard InChI is InChI=1S/C18H18F2N4O2S/c19-12-10-13(20)16-15(11-12)27-18(22-16)24-7-5-23(6-8-24)4-3-21-17(25)14-2-1-9-26-14/h1-2,9-11H,3-8H2,(H,21,25). The normalized spacial score (nSPS) is 15.4. The summed E-state index contributed by atoms with van der Waals surface area (Å²) in [6.07, 6.45) is 1.47. The molecule has 4 rings (SSSR count). The van der Waals surface area contributed by atoms with E-state index in [9.17, 15) is 13.6 Å². The number of benzene rings is 1. The van der Waals surface area contributed by atoms with Crippen molar-refractivity contribution in [2.45, 2.75) is 0 Å². The molecule has 3 aromatic rings. The molecule has 3 heterocycles. The highest BCUT2D eigenvalue weighted by Gasteiger charge is 2.21. The number of nitrogens with zero attached hydrogens (tertiary/aromatic N) is 3. The number of thiazole rings is 1. The molecule has 0 spiro atoms. The van der Waals surface area contributed by atoms with Crippen LogP contribution >= 0.6 is 11.3 Å². The number of hydrogen-bond donors (Lipinski definition) is 1. The number of amides is 1. The summed E-state index contributed by atoms with van der Waals surface area (Å²) in [6, 6.07) is 5.48. The SMILES string of the molecule is O=C(NCCN1CCN(c2nc3c(F)cc(F)cc3s2)CC1)c1ccco1. The molecule has 0 saturated carbocycles. The molecule has 6 nitrogen and oxygen atoms in total. The van der Waals surface area contributed by atoms with Gasteiger partial charge in [-0.05, 0) is 18.2 Å². The highest BCUT2D eigenvalue weighted by molar-refractivity contribution is 7.22. The number of aromatic nitrogens is 1. The number of carbonyl (C=O) groups is 1. The molecule has 1 fully saturated rings.